The van der Waals surface area contributed by atoms with E-state index >= 15 is 0 Å². The van der Waals surface area contributed by atoms with Crippen LogP contribution in [0, 0.1) is 0 Å². The highest BCUT2D eigenvalue weighted by Gasteiger charge is 2.04. The lowest BCUT2D eigenvalue weighted by molar-refractivity contribution is 0.741. The zero-order chi connectivity index (χ0) is 6.10. The Morgan fingerprint density at radius 3 is 3.44 bits per heavy atom. The van der Waals surface area contributed by atoms with Crippen molar-refractivity contribution >= 4 is 6.21 Å². The van der Waals surface area contributed by atoms with Gasteiger partial charge in [-0.2, -0.15) is 5.10 Å². The minimum Gasteiger partial charge on any atom is -0.205 e. The van der Waals surface area contributed by atoms with Gasteiger partial charge in [0.2, 0.25) is 0 Å². The summed E-state index contributed by atoms with van der Waals surface area (Å²) in [7, 11) is 0. The van der Waals surface area contributed by atoms with Crippen molar-refractivity contribution in [2.75, 3.05) is 0 Å². The molecule has 0 saturated carbocycles. The van der Waals surface area contributed by atoms with Crippen molar-refractivity contribution in [2.45, 2.75) is 12.8 Å². The number of rotatable bonds is 0. The Morgan fingerprint density at radius 1 is 1.56 bits per heavy atom. The number of aryl methyl sites for hydroxylation is 1. The van der Waals surface area contributed by atoms with Gasteiger partial charge in [-0.25, -0.2) is 4.68 Å². The van der Waals surface area contributed by atoms with Gasteiger partial charge >= 0.3 is 0 Å². The molecule has 1 aromatic rings. The van der Waals surface area contributed by atoms with Crippen LogP contribution in [-0.4, -0.2) is 21.1 Å². The Hall–Kier alpha value is -1.19. The fraction of sp³-hybridized carbons (Fsp3) is 0.400. The van der Waals surface area contributed by atoms with Gasteiger partial charge in [-0.05, 0) is 6.42 Å². The fourth-order valence-corrected chi connectivity index (χ4v) is 0.854. The van der Waals surface area contributed by atoms with Crippen LogP contribution in [0.15, 0.2) is 11.4 Å². The second-order valence-electron chi connectivity index (χ2n) is 1.93. The smallest absolute Gasteiger partial charge is 0.154 e. The number of aromatic nitrogens is 3. The molecule has 46 valence electrons. The highest BCUT2D eigenvalue weighted by atomic mass is 15.4. The molecule has 0 amide bonds. The molecule has 0 fully saturated rings. The molecular weight excluding hydrogens is 116 g/mol. The highest BCUT2D eigenvalue weighted by Crippen LogP contribution is 2.01. The molecule has 2 rings (SSSR count). The number of hydrogen-bond acceptors (Lipinski definition) is 3. The first kappa shape index (κ1) is 4.67. The Kier molecular flexibility index (Phi) is 0.855. The summed E-state index contributed by atoms with van der Waals surface area (Å²) < 4.78 is 1.70. The van der Waals surface area contributed by atoms with Crippen molar-refractivity contribution in [3.05, 3.63) is 12.2 Å². The summed E-state index contributed by atoms with van der Waals surface area (Å²) in [5, 5.41) is 11.6. The maximum atomic E-state index is 4.02. The third-order valence-corrected chi connectivity index (χ3v) is 1.30. The lowest BCUT2D eigenvalue weighted by Crippen LogP contribution is -2.03. The van der Waals surface area contributed by atoms with Crippen LogP contribution in [0.5, 0.6) is 0 Å². The van der Waals surface area contributed by atoms with Gasteiger partial charge in [-0.15, -0.1) is 10.2 Å². The van der Waals surface area contributed by atoms with Crippen LogP contribution in [0.2, 0.25) is 0 Å². The molecular formula is C5H6N4. The molecule has 0 saturated heterocycles. The van der Waals surface area contributed by atoms with Crippen LogP contribution in [0.25, 0.3) is 0 Å². The van der Waals surface area contributed by atoms with E-state index in [1.807, 2.05) is 6.21 Å². The lowest BCUT2D eigenvalue weighted by Gasteiger charge is -2.01. The first-order valence-electron chi connectivity index (χ1n) is 2.88. The van der Waals surface area contributed by atoms with E-state index in [4.69, 9.17) is 0 Å². The molecule has 0 aromatic carbocycles. The molecule has 0 atom stereocenters. The topological polar surface area (TPSA) is 43.1 Å². The van der Waals surface area contributed by atoms with Gasteiger partial charge in [-0.3, -0.25) is 0 Å². The van der Waals surface area contributed by atoms with Crippen molar-refractivity contribution in [1.29, 1.82) is 0 Å². The third kappa shape index (κ3) is 0.630. The number of nitrogens with zero attached hydrogens (tertiary/aromatic N) is 4. The van der Waals surface area contributed by atoms with Gasteiger partial charge in [0.25, 0.3) is 0 Å². The molecule has 2 heterocycles. The van der Waals surface area contributed by atoms with E-state index in [9.17, 15) is 0 Å². The van der Waals surface area contributed by atoms with Gasteiger partial charge in [0.05, 0.1) is 0 Å². The molecule has 0 spiro atoms. The van der Waals surface area contributed by atoms with Crippen LogP contribution in [0.4, 0.5) is 0 Å². The largest absolute Gasteiger partial charge is 0.205 e. The van der Waals surface area contributed by atoms with Gasteiger partial charge in [0.15, 0.2) is 5.82 Å². The molecule has 0 bridgehead atoms. The molecule has 9 heavy (non-hydrogen) atoms. The molecule has 4 nitrogen and oxygen atoms in total. The quantitative estimate of drug-likeness (QED) is 0.488. The number of hydrogen-bond donors (Lipinski definition) is 0. The van der Waals surface area contributed by atoms with Crippen LogP contribution in [-0.2, 0) is 6.42 Å². The van der Waals surface area contributed by atoms with Crippen LogP contribution < -0.4 is 0 Å². The predicted octanol–water partition coefficient (Wildman–Crippen LogP) is 0.0582. The predicted molar refractivity (Wildman–Crippen MR) is 32.2 cm³/mol. The normalized spacial score (nSPS) is 15.6. The first-order chi connectivity index (χ1) is 4.47. The van der Waals surface area contributed by atoms with Crippen molar-refractivity contribution < 1.29 is 0 Å². The van der Waals surface area contributed by atoms with E-state index in [0.717, 1.165) is 18.7 Å². The highest BCUT2D eigenvalue weighted by molar-refractivity contribution is 5.58. The molecule has 1 aromatic heterocycles. The van der Waals surface area contributed by atoms with E-state index in [-0.39, 0.29) is 0 Å². The van der Waals surface area contributed by atoms with Crippen LogP contribution in [0.1, 0.15) is 12.2 Å². The van der Waals surface area contributed by atoms with E-state index in [0.29, 0.717) is 0 Å². The van der Waals surface area contributed by atoms with Gasteiger partial charge in [-0.1, -0.05) is 0 Å². The molecule has 1 aliphatic rings. The second kappa shape index (κ2) is 1.65. The Morgan fingerprint density at radius 2 is 2.56 bits per heavy atom. The summed E-state index contributed by atoms with van der Waals surface area (Å²) in [6.07, 6.45) is 5.43. The SMILES string of the molecule is C1=Nn2cnnc2CC1. The summed E-state index contributed by atoms with van der Waals surface area (Å²) in [6.45, 7) is 0. The molecule has 0 radical (unpaired) electrons. The molecule has 4 heteroatoms. The Balaban J connectivity index is 2.53. The standard InChI is InChI=1S/C5H6N4/c1-2-5-8-6-4-9(5)7-3-1/h3-4H,1-2H2. The van der Waals surface area contributed by atoms with E-state index in [1.54, 1.807) is 11.0 Å². The monoisotopic (exact) mass is 122 g/mol. The molecule has 0 unspecified atom stereocenters. The minimum atomic E-state index is 0.956. The molecule has 1 aliphatic heterocycles. The summed E-state index contributed by atoms with van der Waals surface area (Å²) >= 11 is 0. The first-order valence-corrected chi connectivity index (χ1v) is 2.88. The minimum absolute atomic E-state index is 0.956. The van der Waals surface area contributed by atoms with Crippen LogP contribution in [0.3, 0.4) is 0 Å². The fourth-order valence-electron chi connectivity index (χ4n) is 0.854. The van der Waals surface area contributed by atoms with Gasteiger partial charge < -0.3 is 0 Å². The van der Waals surface area contributed by atoms with Gasteiger partial charge in [0, 0.05) is 12.6 Å². The zero-order valence-corrected chi connectivity index (χ0v) is 4.86. The number of fused-ring (bicyclic) bond motifs is 1. The van der Waals surface area contributed by atoms with Crippen LogP contribution >= 0.6 is 0 Å². The van der Waals surface area contributed by atoms with Crippen molar-refractivity contribution in [2.24, 2.45) is 5.10 Å². The maximum absolute atomic E-state index is 4.02. The Bertz CT molecular complexity index is 237. The van der Waals surface area contributed by atoms with Crippen molar-refractivity contribution in [1.82, 2.24) is 14.9 Å². The second-order valence-corrected chi connectivity index (χ2v) is 1.93. The third-order valence-electron chi connectivity index (χ3n) is 1.30. The summed E-state index contributed by atoms with van der Waals surface area (Å²) in [4.78, 5) is 0. The van der Waals surface area contributed by atoms with Gasteiger partial charge in [0.1, 0.15) is 6.33 Å². The summed E-state index contributed by atoms with van der Waals surface area (Å²) in [5.41, 5.74) is 0. The Labute approximate surface area is 52.2 Å². The summed E-state index contributed by atoms with van der Waals surface area (Å²) in [6, 6.07) is 0. The lowest BCUT2D eigenvalue weighted by atomic mass is 10.3. The average molecular weight is 122 g/mol. The maximum Gasteiger partial charge on any atom is 0.154 e. The van der Waals surface area contributed by atoms with Crippen molar-refractivity contribution in [3.8, 4) is 0 Å². The van der Waals surface area contributed by atoms with E-state index in [2.05, 4.69) is 15.3 Å². The summed E-state index contributed by atoms with van der Waals surface area (Å²) in [5.74, 6) is 0.956. The molecule has 0 N–H and O–H groups in total. The molecule has 0 aliphatic carbocycles. The average Bonchev–Trinajstić information content (AvgIpc) is 2.33. The van der Waals surface area contributed by atoms with E-state index < -0.39 is 0 Å². The zero-order valence-electron chi connectivity index (χ0n) is 4.86. The van der Waals surface area contributed by atoms with Crippen molar-refractivity contribution in [3.63, 3.8) is 0 Å². The van der Waals surface area contributed by atoms with E-state index in [1.165, 1.54) is 0 Å².